The first kappa shape index (κ1) is 14.6. The van der Waals surface area contributed by atoms with E-state index >= 15 is 0 Å². The van der Waals surface area contributed by atoms with Crippen LogP contribution in [0.2, 0.25) is 0 Å². The summed E-state index contributed by atoms with van der Waals surface area (Å²) in [5.41, 5.74) is 0.888. The fraction of sp³-hybridized carbons (Fsp3) is 0.0714. The Hall–Kier alpha value is -1.82. The van der Waals surface area contributed by atoms with Gasteiger partial charge in [0.05, 0.1) is 5.56 Å². The second kappa shape index (κ2) is 6.09. The van der Waals surface area contributed by atoms with Crippen LogP contribution in [-0.4, -0.2) is 5.91 Å². The molecule has 0 aliphatic carbocycles. The van der Waals surface area contributed by atoms with Gasteiger partial charge in [0, 0.05) is 11.0 Å². The molecule has 20 heavy (non-hydrogen) atoms. The fourth-order valence-corrected chi connectivity index (χ4v) is 1.95. The maximum Gasteiger partial charge on any atom is 0.258 e. The van der Waals surface area contributed by atoms with Gasteiger partial charge in [-0.1, -0.05) is 28.1 Å². The zero-order valence-corrected chi connectivity index (χ0v) is 11.7. The van der Waals surface area contributed by atoms with Crippen LogP contribution >= 0.6 is 15.9 Å². The van der Waals surface area contributed by atoms with Crippen LogP contribution in [0, 0.1) is 17.5 Å². The number of nitrogens with one attached hydrogen (secondary N) is 1. The molecule has 0 saturated heterocycles. The molecule has 2 aromatic carbocycles. The van der Waals surface area contributed by atoms with Crippen molar-refractivity contribution in [3.8, 4) is 0 Å². The second-order valence-corrected chi connectivity index (χ2v) is 4.57. The zero-order valence-electron chi connectivity index (χ0n) is 10.1. The fourth-order valence-electron chi connectivity index (χ4n) is 1.58. The smallest absolute Gasteiger partial charge is 0.258 e. The lowest BCUT2D eigenvalue weighted by Crippen LogP contribution is -2.15. The second-order valence-electron chi connectivity index (χ2n) is 4.01. The minimum absolute atomic E-state index is 0.434. The van der Waals surface area contributed by atoms with Crippen molar-refractivity contribution in [2.24, 2.45) is 0 Å². The molecule has 0 aliphatic heterocycles. The van der Waals surface area contributed by atoms with Crippen molar-refractivity contribution in [1.82, 2.24) is 0 Å². The summed E-state index contributed by atoms with van der Waals surface area (Å²) in [5.74, 6) is -5.33. The van der Waals surface area contributed by atoms with Crippen molar-refractivity contribution in [3.63, 3.8) is 0 Å². The monoisotopic (exact) mass is 343 g/mol. The van der Waals surface area contributed by atoms with Gasteiger partial charge in [0.1, 0.15) is 0 Å². The zero-order chi connectivity index (χ0) is 14.7. The topological polar surface area (TPSA) is 29.1 Å². The molecule has 0 aliphatic rings. The highest BCUT2D eigenvalue weighted by molar-refractivity contribution is 9.08. The first-order chi connectivity index (χ1) is 9.52. The molecule has 0 atom stereocenters. The summed E-state index contributed by atoms with van der Waals surface area (Å²) in [4.78, 5) is 11.8. The normalized spacial score (nSPS) is 10.4. The minimum Gasteiger partial charge on any atom is -0.322 e. The minimum atomic E-state index is -1.66. The Bertz CT molecular complexity index is 644. The number of hydrogen-bond donors (Lipinski definition) is 1. The first-order valence-electron chi connectivity index (χ1n) is 5.62. The van der Waals surface area contributed by atoms with Crippen molar-refractivity contribution < 1.29 is 18.0 Å². The number of anilines is 1. The highest BCUT2D eigenvalue weighted by atomic mass is 79.9. The standard InChI is InChI=1S/C14H9BrF3NO/c15-7-8-1-3-9(4-2-8)19-14(20)10-5-6-11(16)13(18)12(10)17/h1-6H,7H2,(H,19,20). The van der Waals surface area contributed by atoms with Crippen LogP contribution in [0.5, 0.6) is 0 Å². The predicted octanol–water partition coefficient (Wildman–Crippen LogP) is 4.25. The van der Waals surface area contributed by atoms with E-state index in [1.807, 2.05) is 0 Å². The summed E-state index contributed by atoms with van der Waals surface area (Å²) >= 11 is 3.28. The number of carbonyl (C=O) groups excluding carboxylic acids is 1. The van der Waals surface area contributed by atoms with E-state index in [4.69, 9.17) is 0 Å². The summed E-state index contributed by atoms with van der Waals surface area (Å²) in [7, 11) is 0. The van der Waals surface area contributed by atoms with Crippen molar-refractivity contribution in [3.05, 3.63) is 65.0 Å². The SMILES string of the molecule is O=C(Nc1ccc(CBr)cc1)c1ccc(F)c(F)c1F. The number of halogens is 4. The van der Waals surface area contributed by atoms with Crippen molar-refractivity contribution in [1.29, 1.82) is 0 Å². The number of amides is 1. The Morgan fingerprint density at radius 1 is 1.00 bits per heavy atom. The van der Waals surface area contributed by atoms with E-state index in [1.165, 1.54) is 0 Å². The third kappa shape index (κ3) is 3.01. The van der Waals surface area contributed by atoms with Crippen molar-refractivity contribution in [2.45, 2.75) is 5.33 Å². The molecule has 0 bridgehead atoms. The van der Waals surface area contributed by atoms with Gasteiger partial charge in [0.15, 0.2) is 17.5 Å². The van der Waals surface area contributed by atoms with E-state index in [0.717, 1.165) is 11.6 Å². The highest BCUT2D eigenvalue weighted by Crippen LogP contribution is 2.18. The Balaban J connectivity index is 2.21. The van der Waals surface area contributed by atoms with Crippen molar-refractivity contribution in [2.75, 3.05) is 5.32 Å². The molecule has 2 aromatic rings. The van der Waals surface area contributed by atoms with Crippen LogP contribution < -0.4 is 5.32 Å². The third-order valence-electron chi connectivity index (χ3n) is 2.65. The highest BCUT2D eigenvalue weighted by Gasteiger charge is 2.18. The molecule has 2 nitrogen and oxygen atoms in total. The maximum absolute atomic E-state index is 13.5. The van der Waals surface area contributed by atoms with Crippen LogP contribution in [-0.2, 0) is 5.33 Å². The van der Waals surface area contributed by atoms with E-state index in [1.54, 1.807) is 24.3 Å². The predicted molar refractivity (Wildman–Crippen MR) is 73.3 cm³/mol. The molecule has 0 spiro atoms. The molecule has 2 rings (SSSR count). The molecular weight excluding hydrogens is 335 g/mol. The summed E-state index contributed by atoms with van der Waals surface area (Å²) < 4.78 is 39.3. The maximum atomic E-state index is 13.5. The van der Waals surface area contributed by atoms with Crippen LogP contribution in [0.25, 0.3) is 0 Å². The van der Waals surface area contributed by atoms with Crippen LogP contribution in [0.3, 0.4) is 0 Å². The number of benzene rings is 2. The van der Waals surface area contributed by atoms with E-state index in [2.05, 4.69) is 21.2 Å². The first-order valence-corrected chi connectivity index (χ1v) is 6.75. The quantitative estimate of drug-likeness (QED) is 0.655. The lowest BCUT2D eigenvalue weighted by atomic mass is 10.1. The Kier molecular flexibility index (Phi) is 4.44. The van der Waals surface area contributed by atoms with Gasteiger partial charge < -0.3 is 5.32 Å². The van der Waals surface area contributed by atoms with E-state index in [0.29, 0.717) is 17.1 Å². The number of rotatable bonds is 3. The molecule has 1 amide bonds. The van der Waals surface area contributed by atoms with Gasteiger partial charge in [-0.05, 0) is 29.8 Å². The van der Waals surface area contributed by atoms with E-state index < -0.39 is 28.9 Å². The van der Waals surface area contributed by atoms with Gasteiger partial charge in [-0.15, -0.1) is 0 Å². The van der Waals surface area contributed by atoms with Crippen LogP contribution in [0.15, 0.2) is 36.4 Å². The average Bonchev–Trinajstić information content (AvgIpc) is 2.45. The van der Waals surface area contributed by atoms with Gasteiger partial charge >= 0.3 is 0 Å². The molecule has 0 unspecified atom stereocenters. The molecule has 1 N–H and O–H groups in total. The lowest BCUT2D eigenvalue weighted by molar-refractivity contribution is 0.102. The summed E-state index contributed by atoms with van der Waals surface area (Å²) in [6.07, 6.45) is 0. The molecule has 0 saturated carbocycles. The van der Waals surface area contributed by atoms with Gasteiger partial charge in [-0.2, -0.15) is 0 Å². The molecule has 6 heteroatoms. The summed E-state index contributed by atoms with van der Waals surface area (Å²) in [6.45, 7) is 0. The molecule has 0 fully saturated rings. The average molecular weight is 344 g/mol. The number of carbonyl (C=O) groups is 1. The van der Waals surface area contributed by atoms with Crippen molar-refractivity contribution >= 4 is 27.5 Å². The van der Waals surface area contributed by atoms with Gasteiger partial charge in [0.25, 0.3) is 5.91 Å². The Morgan fingerprint density at radius 2 is 1.65 bits per heavy atom. The summed E-state index contributed by atoms with van der Waals surface area (Å²) in [5, 5.41) is 3.08. The Labute approximate surface area is 121 Å². The van der Waals surface area contributed by atoms with Gasteiger partial charge in [0.2, 0.25) is 0 Å². The number of alkyl halides is 1. The lowest BCUT2D eigenvalue weighted by Gasteiger charge is -2.07. The summed E-state index contributed by atoms with van der Waals surface area (Å²) in [6, 6.07) is 8.41. The molecule has 0 heterocycles. The Morgan fingerprint density at radius 3 is 2.25 bits per heavy atom. The molecule has 104 valence electrons. The largest absolute Gasteiger partial charge is 0.322 e. The van der Waals surface area contributed by atoms with E-state index in [9.17, 15) is 18.0 Å². The van der Waals surface area contributed by atoms with Gasteiger partial charge in [-0.25, -0.2) is 13.2 Å². The third-order valence-corrected chi connectivity index (χ3v) is 3.29. The van der Waals surface area contributed by atoms with Crippen LogP contribution in [0.1, 0.15) is 15.9 Å². The molecule has 0 aromatic heterocycles. The van der Waals surface area contributed by atoms with E-state index in [-0.39, 0.29) is 0 Å². The molecule has 0 radical (unpaired) electrons. The number of hydrogen-bond acceptors (Lipinski definition) is 1. The molecular formula is C14H9BrF3NO. The van der Waals surface area contributed by atoms with Crippen LogP contribution in [0.4, 0.5) is 18.9 Å². The van der Waals surface area contributed by atoms with Gasteiger partial charge in [-0.3, -0.25) is 4.79 Å².